The van der Waals surface area contributed by atoms with Gasteiger partial charge < -0.3 is 5.32 Å². The van der Waals surface area contributed by atoms with Gasteiger partial charge in [-0.2, -0.15) is 0 Å². The SMILES string of the molecule is CS(=N)(=O)NCCNc1nonc1-c1noc(=O)n1C1Cc2ccc(F)cc21. The van der Waals surface area contributed by atoms with Gasteiger partial charge in [-0.05, 0) is 40.0 Å². The quantitative estimate of drug-likeness (QED) is 0.484. The fourth-order valence-corrected chi connectivity index (χ4v) is 3.54. The van der Waals surface area contributed by atoms with Gasteiger partial charge in [-0.15, -0.1) is 0 Å². The first-order valence-corrected chi connectivity index (χ1v) is 10.2. The molecule has 2 aromatic heterocycles. The molecule has 2 heterocycles. The second-order valence-corrected chi connectivity index (χ2v) is 8.31. The van der Waals surface area contributed by atoms with E-state index in [2.05, 4.69) is 25.5 Å². The number of halogens is 1. The maximum Gasteiger partial charge on any atom is 0.442 e. The molecular formula is C15H16FN7O4S. The van der Waals surface area contributed by atoms with E-state index in [0.29, 0.717) is 12.0 Å². The highest BCUT2D eigenvalue weighted by molar-refractivity contribution is 7.89. The molecule has 0 saturated carbocycles. The van der Waals surface area contributed by atoms with Crippen LogP contribution in [0.1, 0.15) is 17.2 Å². The highest BCUT2D eigenvalue weighted by Gasteiger charge is 2.34. The predicted octanol–water partition coefficient (Wildman–Crippen LogP) is 0.764. The van der Waals surface area contributed by atoms with Crippen LogP contribution in [0, 0.1) is 10.6 Å². The number of hydrogen-bond donors (Lipinski definition) is 3. The maximum absolute atomic E-state index is 13.6. The summed E-state index contributed by atoms with van der Waals surface area (Å²) < 4.78 is 45.6. The molecule has 3 N–H and O–H groups in total. The summed E-state index contributed by atoms with van der Waals surface area (Å²) in [6, 6.07) is 3.99. The van der Waals surface area contributed by atoms with Crippen molar-refractivity contribution in [3.8, 4) is 11.5 Å². The Hall–Kier alpha value is -3.06. The molecule has 3 aromatic rings. The molecule has 0 fully saturated rings. The molecule has 0 radical (unpaired) electrons. The lowest BCUT2D eigenvalue weighted by Gasteiger charge is -2.30. The molecule has 1 aromatic carbocycles. The van der Waals surface area contributed by atoms with E-state index in [1.165, 1.54) is 23.0 Å². The normalized spacial score (nSPS) is 17.6. The summed E-state index contributed by atoms with van der Waals surface area (Å²) in [5.74, 6) is -0.795. The lowest BCUT2D eigenvalue weighted by molar-refractivity contribution is 0.309. The molecule has 4 rings (SSSR count). The molecule has 2 atom stereocenters. The van der Waals surface area contributed by atoms with Gasteiger partial charge in [0.05, 0.1) is 6.04 Å². The molecule has 1 aliphatic rings. The molecule has 0 spiro atoms. The zero-order valence-corrected chi connectivity index (χ0v) is 15.5. The molecule has 28 heavy (non-hydrogen) atoms. The van der Waals surface area contributed by atoms with Gasteiger partial charge in [0.2, 0.25) is 11.6 Å². The van der Waals surface area contributed by atoms with E-state index in [9.17, 15) is 13.4 Å². The van der Waals surface area contributed by atoms with Crippen LogP contribution in [0.2, 0.25) is 0 Å². The minimum absolute atomic E-state index is 0.0985. The molecule has 0 amide bonds. The number of nitrogens with one attached hydrogen (secondary N) is 3. The van der Waals surface area contributed by atoms with E-state index >= 15 is 0 Å². The molecule has 11 nitrogen and oxygen atoms in total. The summed E-state index contributed by atoms with van der Waals surface area (Å²) >= 11 is 0. The Bertz CT molecular complexity index is 1180. The number of fused-ring (bicyclic) bond motifs is 1. The standard InChI is InChI=1S/C15H16FN7O4S/c1-28(17,25)19-5-4-18-13-12(20-27-21-13)14-22-26-15(24)23(14)11-6-8-2-3-9(16)7-10(8)11/h2-3,7,11H,4-6H2,1H3,(H,18,21)(H2,17,19,25). The van der Waals surface area contributed by atoms with Gasteiger partial charge in [-0.3, -0.25) is 4.52 Å². The van der Waals surface area contributed by atoms with E-state index in [1.807, 2.05) is 0 Å². The number of aromatic nitrogens is 4. The lowest BCUT2D eigenvalue weighted by Crippen LogP contribution is -2.31. The number of rotatable bonds is 7. The maximum atomic E-state index is 13.6. The third-order valence-electron chi connectivity index (χ3n) is 4.32. The van der Waals surface area contributed by atoms with Gasteiger partial charge in [-0.1, -0.05) is 11.2 Å². The average Bonchev–Trinajstić information content (AvgIpc) is 3.21. The van der Waals surface area contributed by atoms with Crippen LogP contribution in [-0.4, -0.2) is 43.6 Å². The first kappa shape index (κ1) is 18.3. The van der Waals surface area contributed by atoms with Crippen molar-refractivity contribution in [2.24, 2.45) is 0 Å². The van der Waals surface area contributed by atoms with Crippen molar-refractivity contribution < 1.29 is 17.8 Å². The fraction of sp³-hybridized carbons (Fsp3) is 0.333. The Kier molecular flexibility index (Phi) is 4.47. The summed E-state index contributed by atoms with van der Waals surface area (Å²) in [5, 5.41) is 14.2. The van der Waals surface area contributed by atoms with Crippen molar-refractivity contribution in [3.05, 3.63) is 45.7 Å². The Morgan fingerprint density at radius 3 is 2.96 bits per heavy atom. The minimum Gasteiger partial charge on any atom is -0.364 e. The predicted molar refractivity (Wildman–Crippen MR) is 95.6 cm³/mol. The summed E-state index contributed by atoms with van der Waals surface area (Å²) in [7, 11) is -2.82. The Morgan fingerprint density at radius 2 is 2.18 bits per heavy atom. The van der Waals surface area contributed by atoms with Crippen molar-refractivity contribution in [3.63, 3.8) is 0 Å². The van der Waals surface area contributed by atoms with Gasteiger partial charge in [0, 0.05) is 19.3 Å². The molecule has 2 unspecified atom stereocenters. The van der Waals surface area contributed by atoms with Gasteiger partial charge in [-0.25, -0.2) is 32.1 Å². The number of benzene rings is 1. The van der Waals surface area contributed by atoms with Crippen molar-refractivity contribution in [1.82, 2.24) is 24.8 Å². The lowest BCUT2D eigenvalue weighted by atomic mass is 9.83. The third-order valence-corrected chi connectivity index (χ3v) is 5.08. The van der Waals surface area contributed by atoms with Crippen LogP contribution in [0.25, 0.3) is 11.5 Å². The summed E-state index contributed by atoms with van der Waals surface area (Å²) in [6.07, 6.45) is 1.79. The zero-order chi connectivity index (χ0) is 19.9. The number of nitrogens with zero attached hydrogens (tertiary/aromatic N) is 4. The van der Waals surface area contributed by atoms with Gasteiger partial charge in [0.15, 0.2) is 5.69 Å². The molecule has 0 bridgehead atoms. The van der Waals surface area contributed by atoms with Gasteiger partial charge >= 0.3 is 5.76 Å². The molecule has 148 valence electrons. The second-order valence-electron chi connectivity index (χ2n) is 6.33. The van der Waals surface area contributed by atoms with E-state index in [-0.39, 0.29) is 30.4 Å². The zero-order valence-electron chi connectivity index (χ0n) is 14.6. The van der Waals surface area contributed by atoms with Crippen LogP contribution < -0.4 is 15.8 Å². The smallest absolute Gasteiger partial charge is 0.364 e. The highest BCUT2D eigenvalue weighted by Crippen LogP contribution is 2.38. The van der Waals surface area contributed by atoms with Crippen molar-refractivity contribution in [2.75, 3.05) is 24.7 Å². The largest absolute Gasteiger partial charge is 0.442 e. The van der Waals surface area contributed by atoms with Crippen LogP contribution in [0.4, 0.5) is 10.2 Å². The topological polar surface area (TPSA) is 152 Å². The fourth-order valence-electron chi connectivity index (χ4n) is 3.05. The van der Waals surface area contributed by atoms with Crippen LogP contribution in [0.5, 0.6) is 0 Å². The number of hydrogen-bond acceptors (Lipinski definition) is 9. The van der Waals surface area contributed by atoms with E-state index in [1.54, 1.807) is 6.07 Å². The van der Waals surface area contributed by atoms with Crippen molar-refractivity contribution >= 4 is 15.7 Å². The van der Waals surface area contributed by atoms with Crippen LogP contribution in [0.3, 0.4) is 0 Å². The highest BCUT2D eigenvalue weighted by atomic mass is 32.2. The first-order valence-electron chi connectivity index (χ1n) is 8.25. The van der Waals surface area contributed by atoms with E-state index in [0.717, 1.165) is 5.56 Å². The Morgan fingerprint density at radius 1 is 1.36 bits per heavy atom. The Balaban J connectivity index is 1.59. The minimum atomic E-state index is -2.82. The molecule has 13 heteroatoms. The average molecular weight is 409 g/mol. The molecular weight excluding hydrogens is 393 g/mol. The van der Waals surface area contributed by atoms with Crippen LogP contribution >= 0.6 is 0 Å². The van der Waals surface area contributed by atoms with Gasteiger partial charge in [0.1, 0.15) is 15.7 Å². The van der Waals surface area contributed by atoms with Crippen LogP contribution in [0.15, 0.2) is 32.1 Å². The van der Waals surface area contributed by atoms with Gasteiger partial charge in [0.25, 0.3) is 0 Å². The van der Waals surface area contributed by atoms with E-state index in [4.69, 9.17) is 13.9 Å². The first-order chi connectivity index (χ1) is 13.3. The second kappa shape index (κ2) is 6.83. The monoisotopic (exact) mass is 409 g/mol. The molecule has 0 saturated heterocycles. The summed E-state index contributed by atoms with van der Waals surface area (Å²) in [4.78, 5) is 12.2. The third kappa shape index (κ3) is 3.41. The van der Waals surface area contributed by atoms with E-state index < -0.39 is 27.5 Å². The Labute approximate surface area is 158 Å². The van der Waals surface area contributed by atoms with Crippen molar-refractivity contribution in [1.29, 1.82) is 4.78 Å². The summed E-state index contributed by atoms with van der Waals surface area (Å²) in [5.41, 5.74) is 1.76. The number of anilines is 1. The van der Waals surface area contributed by atoms with Crippen molar-refractivity contribution in [2.45, 2.75) is 12.5 Å². The summed E-state index contributed by atoms with van der Waals surface area (Å²) in [6.45, 7) is 0.497. The van der Waals surface area contributed by atoms with Crippen LogP contribution in [-0.2, 0) is 16.3 Å². The molecule has 1 aliphatic carbocycles. The molecule has 0 aliphatic heterocycles.